The fourth-order valence-corrected chi connectivity index (χ4v) is 3.11. The predicted octanol–water partition coefficient (Wildman–Crippen LogP) is 4.97. The third kappa shape index (κ3) is 7.06. The van der Waals surface area contributed by atoms with Gasteiger partial charge >= 0.3 is 24.1 Å². The fraction of sp³-hybridized carbons (Fsp3) is 0.240. The van der Waals surface area contributed by atoms with E-state index in [1.165, 1.54) is 0 Å². The molecule has 0 heterocycles. The largest absolute Gasteiger partial charge is 0.461 e. The molecule has 0 fully saturated rings. The van der Waals surface area contributed by atoms with Crippen molar-refractivity contribution >= 4 is 28.7 Å². The fourth-order valence-electron chi connectivity index (χ4n) is 3.11. The Morgan fingerprint density at radius 1 is 0.824 bits per heavy atom. The summed E-state index contributed by atoms with van der Waals surface area (Å²) in [6.45, 7) is 0.661. The molecule has 0 bridgehead atoms. The highest BCUT2D eigenvalue weighted by Crippen LogP contribution is 2.29. The first kappa shape index (κ1) is 24.8. The van der Waals surface area contributed by atoms with Gasteiger partial charge in [0.05, 0.1) is 12.0 Å². The maximum absolute atomic E-state index is 12.6. The van der Waals surface area contributed by atoms with Gasteiger partial charge in [0.2, 0.25) is 6.10 Å². The van der Waals surface area contributed by atoms with Crippen LogP contribution in [0.3, 0.4) is 0 Å². The second-order valence-electron chi connectivity index (χ2n) is 7.45. The summed E-state index contributed by atoms with van der Waals surface area (Å²) in [6, 6.07) is 17.3. The zero-order chi connectivity index (χ0) is 24.7. The van der Waals surface area contributed by atoms with E-state index in [1.54, 1.807) is 6.07 Å². The predicted molar refractivity (Wildman–Crippen MR) is 115 cm³/mol. The minimum absolute atomic E-state index is 0.0446. The van der Waals surface area contributed by atoms with Gasteiger partial charge in [-0.15, -0.1) is 0 Å². The molecule has 0 N–H and O–H groups in total. The molecule has 0 saturated heterocycles. The minimum Gasteiger partial charge on any atom is -0.461 e. The number of benzene rings is 3. The summed E-state index contributed by atoms with van der Waals surface area (Å²) in [4.78, 5) is 36.0. The molecule has 0 aromatic heterocycles. The van der Waals surface area contributed by atoms with Crippen LogP contribution in [-0.4, -0.2) is 24.0 Å². The average molecular weight is 474 g/mol. The summed E-state index contributed by atoms with van der Waals surface area (Å²) in [5, 5.41) is 2.00. The van der Waals surface area contributed by atoms with E-state index < -0.39 is 42.2 Å². The molecule has 0 radical (unpaired) electrons. The second-order valence-corrected chi connectivity index (χ2v) is 7.45. The highest BCUT2D eigenvalue weighted by molar-refractivity contribution is 5.84. The van der Waals surface area contributed by atoms with E-state index >= 15 is 0 Å². The molecule has 1 atom stereocenters. The highest BCUT2D eigenvalue weighted by Gasteiger charge is 2.30. The maximum Gasteiger partial charge on any atom is 0.416 e. The monoisotopic (exact) mass is 474 g/mol. The van der Waals surface area contributed by atoms with Crippen molar-refractivity contribution in [3.05, 3.63) is 83.4 Å². The Balaban J connectivity index is 1.55. The van der Waals surface area contributed by atoms with Crippen LogP contribution in [0.25, 0.3) is 10.8 Å². The van der Waals surface area contributed by atoms with E-state index in [1.807, 2.05) is 36.4 Å². The van der Waals surface area contributed by atoms with Crippen LogP contribution in [0, 0.1) is 0 Å². The van der Waals surface area contributed by atoms with Crippen molar-refractivity contribution < 1.29 is 41.8 Å². The molecule has 0 aliphatic carbocycles. The van der Waals surface area contributed by atoms with Crippen LogP contribution < -0.4 is 0 Å². The molecule has 3 aromatic rings. The van der Waals surface area contributed by atoms with Crippen molar-refractivity contribution in [2.45, 2.75) is 38.8 Å². The molecule has 0 saturated carbocycles. The van der Waals surface area contributed by atoms with E-state index in [0.717, 1.165) is 47.5 Å². The van der Waals surface area contributed by atoms with Crippen molar-refractivity contribution in [2.75, 3.05) is 0 Å². The number of ether oxygens (including phenoxy) is 3. The molecule has 0 amide bonds. The van der Waals surface area contributed by atoms with Gasteiger partial charge in [0, 0.05) is 6.92 Å². The molecule has 34 heavy (non-hydrogen) atoms. The zero-order valence-corrected chi connectivity index (χ0v) is 18.1. The first-order valence-electron chi connectivity index (χ1n) is 10.2. The molecule has 178 valence electrons. The summed E-state index contributed by atoms with van der Waals surface area (Å²) >= 11 is 0. The summed E-state index contributed by atoms with van der Waals surface area (Å²) < 4.78 is 53.0. The van der Waals surface area contributed by atoms with Gasteiger partial charge in [-0.2, -0.15) is 13.2 Å². The third-order valence-electron chi connectivity index (χ3n) is 4.80. The third-order valence-corrected chi connectivity index (χ3v) is 4.80. The van der Waals surface area contributed by atoms with E-state index in [9.17, 15) is 27.6 Å². The number of esters is 3. The van der Waals surface area contributed by atoms with Gasteiger partial charge in [0.1, 0.15) is 13.2 Å². The number of hydrogen-bond donors (Lipinski definition) is 0. The SMILES string of the molecule is CC(=O)O[C@@H](CC(=O)OCc1ccc2ccccc2c1)C(=O)OCc1ccc(C(F)(F)F)cc1. The summed E-state index contributed by atoms with van der Waals surface area (Å²) in [6.07, 6.45) is -6.60. The standard InChI is InChI=1S/C25H21F3O6/c1-16(29)34-22(24(31)33-14-17-7-10-21(11-8-17)25(26,27)28)13-23(30)32-15-18-6-9-19-4-2-3-5-20(19)12-18/h2-12,22H,13-15H2,1H3/t22-/m0/s1. The average Bonchev–Trinajstić information content (AvgIpc) is 2.80. The number of alkyl halides is 3. The van der Waals surface area contributed by atoms with Gasteiger partial charge in [-0.1, -0.05) is 48.5 Å². The minimum atomic E-state index is -4.48. The van der Waals surface area contributed by atoms with Crippen LogP contribution in [0.5, 0.6) is 0 Å². The number of halogens is 3. The first-order valence-corrected chi connectivity index (χ1v) is 10.2. The Bertz CT molecular complexity index is 1170. The Kier molecular flexibility index (Phi) is 7.88. The van der Waals surface area contributed by atoms with Crippen molar-refractivity contribution in [1.82, 2.24) is 0 Å². The van der Waals surface area contributed by atoms with Gasteiger partial charge in [-0.3, -0.25) is 9.59 Å². The number of carbonyl (C=O) groups excluding carboxylic acids is 3. The summed E-state index contributed by atoms with van der Waals surface area (Å²) in [5.74, 6) is -2.61. The summed E-state index contributed by atoms with van der Waals surface area (Å²) in [7, 11) is 0. The van der Waals surface area contributed by atoms with Gasteiger partial charge in [0.15, 0.2) is 0 Å². The molecular weight excluding hydrogens is 453 g/mol. The van der Waals surface area contributed by atoms with Crippen molar-refractivity contribution in [2.24, 2.45) is 0 Å². The Morgan fingerprint density at radius 3 is 2.09 bits per heavy atom. The van der Waals surface area contributed by atoms with Gasteiger partial charge in [0.25, 0.3) is 0 Å². The molecule has 0 aliphatic rings. The lowest BCUT2D eigenvalue weighted by atomic mass is 10.1. The van der Waals surface area contributed by atoms with Crippen LogP contribution in [0.4, 0.5) is 13.2 Å². The molecule has 3 rings (SSSR count). The molecule has 9 heteroatoms. The van der Waals surface area contributed by atoms with Gasteiger partial charge in [-0.05, 0) is 40.1 Å². The zero-order valence-electron chi connectivity index (χ0n) is 18.1. The topological polar surface area (TPSA) is 78.9 Å². The van der Waals surface area contributed by atoms with Gasteiger partial charge in [-0.25, -0.2) is 4.79 Å². The van der Waals surface area contributed by atoms with Crippen LogP contribution in [0.15, 0.2) is 66.7 Å². The quantitative estimate of drug-likeness (QED) is 0.339. The van der Waals surface area contributed by atoms with Crippen molar-refractivity contribution in [3.8, 4) is 0 Å². The first-order chi connectivity index (χ1) is 16.1. The van der Waals surface area contributed by atoms with Crippen molar-refractivity contribution in [1.29, 1.82) is 0 Å². The number of carbonyl (C=O) groups is 3. The number of hydrogen-bond acceptors (Lipinski definition) is 6. The lowest BCUT2D eigenvalue weighted by molar-refractivity contribution is -0.171. The van der Waals surface area contributed by atoms with Crippen molar-refractivity contribution in [3.63, 3.8) is 0 Å². The van der Waals surface area contributed by atoms with Crippen LogP contribution >= 0.6 is 0 Å². The van der Waals surface area contributed by atoms with Crippen LogP contribution in [0.1, 0.15) is 30.0 Å². The second kappa shape index (κ2) is 10.8. The van der Waals surface area contributed by atoms with Crippen LogP contribution in [0.2, 0.25) is 0 Å². The lowest BCUT2D eigenvalue weighted by Gasteiger charge is -2.16. The molecule has 0 unspecified atom stereocenters. The number of rotatable bonds is 8. The molecule has 3 aromatic carbocycles. The molecule has 0 spiro atoms. The smallest absolute Gasteiger partial charge is 0.416 e. The number of fused-ring (bicyclic) bond motifs is 1. The summed E-state index contributed by atoms with van der Waals surface area (Å²) in [5.41, 5.74) is 0.192. The molecule has 0 aliphatic heterocycles. The Labute approximate surface area is 193 Å². The normalized spacial score (nSPS) is 12.1. The lowest BCUT2D eigenvalue weighted by Crippen LogP contribution is -2.31. The van der Waals surface area contributed by atoms with E-state index in [-0.39, 0.29) is 13.2 Å². The Morgan fingerprint density at radius 2 is 1.44 bits per heavy atom. The Hall–Kier alpha value is -3.88. The van der Waals surface area contributed by atoms with Gasteiger partial charge < -0.3 is 14.2 Å². The van der Waals surface area contributed by atoms with E-state index in [0.29, 0.717) is 5.56 Å². The van der Waals surface area contributed by atoms with Crippen LogP contribution in [-0.2, 0) is 48.0 Å². The highest BCUT2D eigenvalue weighted by atomic mass is 19.4. The molecule has 6 nitrogen and oxygen atoms in total. The van der Waals surface area contributed by atoms with E-state index in [4.69, 9.17) is 14.2 Å². The van der Waals surface area contributed by atoms with E-state index in [2.05, 4.69) is 0 Å². The molecular formula is C25H21F3O6. The maximum atomic E-state index is 12.6.